The van der Waals surface area contributed by atoms with Gasteiger partial charge in [-0.2, -0.15) is 5.10 Å². The first-order valence-corrected chi connectivity index (χ1v) is 12.6. The maximum atomic E-state index is 13.5. The van der Waals surface area contributed by atoms with Gasteiger partial charge in [-0.25, -0.2) is 18.6 Å². The van der Waals surface area contributed by atoms with E-state index < -0.39 is 28.4 Å². The normalized spacial score (nSPS) is 11.1. The second-order valence-electron chi connectivity index (χ2n) is 7.37. The number of sulfonamides is 1. The van der Waals surface area contributed by atoms with Crippen molar-refractivity contribution in [1.82, 2.24) is 5.43 Å². The minimum absolute atomic E-state index is 0.0113. The Balaban J connectivity index is 1.76. The summed E-state index contributed by atoms with van der Waals surface area (Å²) in [6.45, 7) is -0.814. The van der Waals surface area contributed by atoms with E-state index in [0.717, 1.165) is 4.31 Å². The molecule has 0 spiro atoms. The molecule has 3 aromatic rings. The fourth-order valence-electron chi connectivity index (χ4n) is 3.07. The summed E-state index contributed by atoms with van der Waals surface area (Å²) >= 11 is 6.12. The van der Waals surface area contributed by atoms with Crippen molar-refractivity contribution >= 4 is 45.4 Å². The summed E-state index contributed by atoms with van der Waals surface area (Å²) < 4.78 is 42.9. The molecule has 12 heteroatoms. The Morgan fingerprint density at radius 1 is 1.03 bits per heavy atom. The molecule has 0 aromatic heterocycles. The lowest BCUT2D eigenvalue weighted by atomic mass is 10.2. The Morgan fingerprint density at radius 2 is 1.73 bits per heavy atom. The highest BCUT2D eigenvalue weighted by Crippen LogP contribution is 2.34. The minimum atomic E-state index is -4.16. The van der Waals surface area contributed by atoms with E-state index in [9.17, 15) is 18.0 Å². The maximum absolute atomic E-state index is 13.5. The SMILES string of the molecule is COC(=O)COc1ccc(/C=N\NC(=O)CN(c2cc(Cl)ccc2OC)S(=O)(=O)c2ccccc2)cc1. The molecule has 1 N–H and O–H groups in total. The quantitative estimate of drug-likeness (QED) is 0.223. The average Bonchev–Trinajstić information content (AvgIpc) is 2.91. The van der Waals surface area contributed by atoms with Crippen LogP contribution >= 0.6 is 11.6 Å². The van der Waals surface area contributed by atoms with Crippen molar-refractivity contribution in [3.8, 4) is 11.5 Å². The van der Waals surface area contributed by atoms with Gasteiger partial charge in [0.05, 0.1) is 31.0 Å². The van der Waals surface area contributed by atoms with Crippen molar-refractivity contribution in [1.29, 1.82) is 0 Å². The van der Waals surface area contributed by atoms with E-state index in [1.165, 1.54) is 44.7 Å². The van der Waals surface area contributed by atoms with Crippen LogP contribution in [0.1, 0.15) is 5.56 Å². The topological polar surface area (TPSA) is 124 Å². The van der Waals surface area contributed by atoms with Gasteiger partial charge in [0.25, 0.3) is 15.9 Å². The average molecular weight is 546 g/mol. The molecule has 0 saturated carbocycles. The highest BCUT2D eigenvalue weighted by Gasteiger charge is 2.29. The summed E-state index contributed by atoms with van der Waals surface area (Å²) in [5.74, 6) is -0.540. The fraction of sp³-hybridized carbons (Fsp3) is 0.160. The van der Waals surface area contributed by atoms with Crippen molar-refractivity contribution in [2.24, 2.45) is 5.10 Å². The number of carbonyl (C=O) groups is 2. The first kappa shape index (κ1) is 27.5. The largest absolute Gasteiger partial charge is 0.495 e. The molecule has 0 heterocycles. The van der Waals surface area contributed by atoms with Gasteiger partial charge < -0.3 is 14.2 Å². The number of anilines is 1. The van der Waals surface area contributed by atoms with Crippen LogP contribution in [0.2, 0.25) is 5.02 Å². The molecule has 0 bridgehead atoms. The van der Waals surface area contributed by atoms with Crippen molar-refractivity contribution in [2.45, 2.75) is 4.90 Å². The molecule has 0 saturated heterocycles. The highest BCUT2D eigenvalue weighted by molar-refractivity contribution is 7.92. The van der Waals surface area contributed by atoms with Crippen LogP contribution in [-0.4, -0.2) is 53.9 Å². The molecule has 0 aliphatic rings. The van der Waals surface area contributed by atoms with E-state index in [4.69, 9.17) is 21.1 Å². The lowest BCUT2D eigenvalue weighted by molar-refractivity contribution is -0.142. The van der Waals surface area contributed by atoms with Crippen LogP contribution in [0.5, 0.6) is 11.5 Å². The van der Waals surface area contributed by atoms with Crippen LogP contribution in [0.25, 0.3) is 0 Å². The smallest absolute Gasteiger partial charge is 0.343 e. The minimum Gasteiger partial charge on any atom is -0.495 e. The van der Waals surface area contributed by atoms with E-state index in [-0.39, 0.29) is 28.0 Å². The predicted octanol–water partition coefficient (Wildman–Crippen LogP) is 3.25. The van der Waals surface area contributed by atoms with E-state index in [2.05, 4.69) is 15.3 Å². The molecule has 0 unspecified atom stereocenters. The number of hydrazone groups is 1. The van der Waals surface area contributed by atoms with Gasteiger partial charge in [0, 0.05) is 5.02 Å². The number of benzene rings is 3. The zero-order valence-electron chi connectivity index (χ0n) is 20.0. The molecule has 3 rings (SSSR count). The van der Waals surface area contributed by atoms with E-state index in [1.54, 1.807) is 48.5 Å². The number of ether oxygens (including phenoxy) is 3. The standard InChI is InChI=1S/C25H24ClN3O7S/c1-34-23-13-10-19(26)14-22(23)29(37(32,33)21-6-4-3-5-7-21)16-24(30)28-27-15-18-8-11-20(12-9-18)36-17-25(31)35-2/h3-15H,16-17H2,1-2H3,(H,28,30)/b27-15-. The van der Waals surface area contributed by atoms with Crippen LogP contribution in [0.3, 0.4) is 0 Å². The number of esters is 1. The van der Waals surface area contributed by atoms with Gasteiger partial charge in [0.2, 0.25) is 0 Å². The second-order valence-corrected chi connectivity index (χ2v) is 9.67. The predicted molar refractivity (Wildman–Crippen MR) is 139 cm³/mol. The number of rotatable bonds is 11. The molecule has 10 nitrogen and oxygen atoms in total. The van der Waals surface area contributed by atoms with Crippen molar-refractivity contribution in [3.05, 3.63) is 83.4 Å². The molecule has 194 valence electrons. The Hall–Kier alpha value is -4.09. The van der Waals surface area contributed by atoms with Gasteiger partial charge >= 0.3 is 5.97 Å². The van der Waals surface area contributed by atoms with Crippen LogP contribution in [0, 0.1) is 0 Å². The van der Waals surface area contributed by atoms with Gasteiger partial charge in [-0.15, -0.1) is 0 Å². The van der Waals surface area contributed by atoms with Crippen LogP contribution < -0.4 is 19.2 Å². The number of carbonyl (C=O) groups excluding carboxylic acids is 2. The number of methoxy groups -OCH3 is 2. The lowest BCUT2D eigenvalue weighted by Gasteiger charge is -2.25. The number of nitrogens with one attached hydrogen (secondary N) is 1. The number of nitrogens with zero attached hydrogens (tertiary/aromatic N) is 2. The molecule has 3 aromatic carbocycles. The van der Waals surface area contributed by atoms with Gasteiger partial charge in [-0.05, 0) is 60.2 Å². The summed E-state index contributed by atoms with van der Waals surface area (Å²) in [6.07, 6.45) is 1.37. The molecule has 0 aliphatic carbocycles. The zero-order valence-corrected chi connectivity index (χ0v) is 21.5. The van der Waals surface area contributed by atoms with Crippen molar-refractivity contribution in [2.75, 3.05) is 31.7 Å². The molecule has 0 aliphatic heterocycles. The third-order valence-electron chi connectivity index (χ3n) is 4.90. The highest BCUT2D eigenvalue weighted by atomic mass is 35.5. The molecule has 37 heavy (non-hydrogen) atoms. The van der Waals surface area contributed by atoms with Gasteiger partial charge in [0.15, 0.2) is 6.61 Å². The molecule has 0 atom stereocenters. The summed E-state index contributed by atoms with van der Waals surface area (Å²) in [5.41, 5.74) is 3.05. The first-order valence-electron chi connectivity index (χ1n) is 10.8. The zero-order chi connectivity index (χ0) is 26.8. The Labute approximate surface area is 219 Å². The molecule has 0 radical (unpaired) electrons. The summed E-state index contributed by atoms with van der Waals surface area (Å²) in [6, 6.07) is 18.7. The monoisotopic (exact) mass is 545 g/mol. The number of halogens is 1. The van der Waals surface area contributed by atoms with Crippen LogP contribution in [0.4, 0.5) is 5.69 Å². The summed E-state index contributed by atoms with van der Waals surface area (Å²) in [7, 11) is -1.51. The van der Waals surface area contributed by atoms with E-state index in [1.807, 2.05) is 0 Å². The van der Waals surface area contributed by atoms with Crippen molar-refractivity contribution < 1.29 is 32.2 Å². The molecule has 1 amide bonds. The second kappa shape index (κ2) is 12.7. The maximum Gasteiger partial charge on any atom is 0.343 e. The van der Waals surface area contributed by atoms with Gasteiger partial charge in [-0.3, -0.25) is 9.10 Å². The Morgan fingerprint density at radius 3 is 2.38 bits per heavy atom. The number of hydrogen-bond acceptors (Lipinski definition) is 8. The fourth-order valence-corrected chi connectivity index (χ4v) is 4.68. The van der Waals surface area contributed by atoms with E-state index >= 15 is 0 Å². The third-order valence-corrected chi connectivity index (χ3v) is 6.90. The lowest BCUT2D eigenvalue weighted by Crippen LogP contribution is -2.39. The summed E-state index contributed by atoms with van der Waals surface area (Å²) in [4.78, 5) is 23.9. The number of hydrogen-bond donors (Lipinski definition) is 1. The van der Waals surface area contributed by atoms with Crippen LogP contribution in [0.15, 0.2) is 82.8 Å². The molecular weight excluding hydrogens is 522 g/mol. The third kappa shape index (κ3) is 7.45. The molecular formula is C25H24ClN3O7S. The van der Waals surface area contributed by atoms with Crippen molar-refractivity contribution in [3.63, 3.8) is 0 Å². The Kier molecular flexibility index (Phi) is 9.47. The molecule has 0 fully saturated rings. The first-order chi connectivity index (χ1) is 17.7. The number of amides is 1. The van der Waals surface area contributed by atoms with Gasteiger partial charge in [0.1, 0.15) is 18.0 Å². The van der Waals surface area contributed by atoms with E-state index in [0.29, 0.717) is 11.3 Å². The summed E-state index contributed by atoms with van der Waals surface area (Å²) in [5, 5.41) is 4.17. The van der Waals surface area contributed by atoms with Gasteiger partial charge in [-0.1, -0.05) is 29.8 Å². The Bertz CT molecular complexity index is 1360. The van der Waals surface area contributed by atoms with Crippen LogP contribution in [-0.2, 0) is 24.3 Å².